The van der Waals surface area contributed by atoms with Crippen LogP contribution in [0.5, 0.6) is 5.75 Å². The molecule has 0 unspecified atom stereocenters. The van der Waals surface area contributed by atoms with Crippen LogP contribution in [-0.4, -0.2) is 17.4 Å². The summed E-state index contributed by atoms with van der Waals surface area (Å²) in [6.07, 6.45) is -0.561. The van der Waals surface area contributed by atoms with Gasteiger partial charge in [-0.05, 0) is 24.6 Å². The number of benzene rings is 1. The quantitative estimate of drug-likeness (QED) is 0.887. The van der Waals surface area contributed by atoms with Crippen LogP contribution in [0, 0.1) is 0 Å². The maximum atomic E-state index is 9.47. The average molecular weight is 298 g/mol. The summed E-state index contributed by atoms with van der Waals surface area (Å²) in [5, 5.41) is 13.8. The molecule has 1 N–H and O–H groups in total. The monoisotopic (exact) mass is 297 g/mol. The van der Waals surface area contributed by atoms with Crippen molar-refractivity contribution in [2.45, 2.75) is 26.2 Å². The van der Waals surface area contributed by atoms with Gasteiger partial charge in [0, 0.05) is 13.2 Å². The second kappa shape index (κ2) is 6.74. The molecule has 1 atom stereocenters. The van der Waals surface area contributed by atoms with Crippen LogP contribution < -0.4 is 4.74 Å². The number of aromatic nitrogens is 1. The molecular weight excluding hydrogens is 282 g/mol. The number of halogens is 1. The van der Waals surface area contributed by atoms with Gasteiger partial charge in [0.25, 0.3) is 0 Å². The normalized spacial score (nSPS) is 12.4. The molecule has 108 valence electrons. The summed E-state index contributed by atoms with van der Waals surface area (Å²) in [4.78, 5) is 0. The van der Waals surface area contributed by atoms with E-state index in [0.717, 1.165) is 5.56 Å². The number of ether oxygens (including phenoxy) is 2. The first-order valence-corrected chi connectivity index (χ1v) is 6.51. The number of hydrogen-bond donors (Lipinski definition) is 1. The van der Waals surface area contributed by atoms with Crippen LogP contribution in [0.4, 0.5) is 0 Å². The van der Waals surface area contributed by atoms with Crippen molar-refractivity contribution in [1.82, 2.24) is 5.16 Å². The Balaban J connectivity index is 1.99. The molecule has 2 rings (SSSR count). The molecule has 0 spiro atoms. The van der Waals surface area contributed by atoms with Crippen molar-refractivity contribution in [2.75, 3.05) is 7.11 Å². The fraction of sp³-hybridized carbons (Fsp3) is 0.357. The highest BCUT2D eigenvalue weighted by Crippen LogP contribution is 2.28. The Morgan fingerprint density at radius 3 is 2.80 bits per heavy atom. The zero-order chi connectivity index (χ0) is 14.5. The Morgan fingerprint density at radius 2 is 2.15 bits per heavy atom. The Kier molecular flexibility index (Phi) is 5.00. The van der Waals surface area contributed by atoms with Crippen LogP contribution in [0.2, 0.25) is 5.02 Å². The molecule has 0 amide bonds. The number of hydrogen-bond acceptors (Lipinski definition) is 5. The van der Waals surface area contributed by atoms with E-state index in [9.17, 15) is 5.11 Å². The van der Waals surface area contributed by atoms with Crippen molar-refractivity contribution < 1.29 is 19.1 Å². The molecule has 20 heavy (non-hydrogen) atoms. The van der Waals surface area contributed by atoms with E-state index in [-0.39, 0.29) is 6.61 Å². The fourth-order valence-corrected chi connectivity index (χ4v) is 1.92. The van der Waals surface area contributed by atoms with Crippen LogP contribution in [0.1, 0.15) is 30.0 Å². The topological polar surface area (TPSA) is 64.7 Å². The maximum Gasteiger partial charge on any atom is 0.162 e. The zero-order valence-electron chi connectivity index (χ0n) is 11.3. The molecule has 2 aromatic rings. The van der Waals surface area contributed by atoms with Gasteiger partial charge in [-0.3, -0.25) is 0 Å². The molecule has 0 fully saturated rings. The van der Waals surface area contributed by atoms with E-state index in [1.807, 2.05) is 0 Å². The van der Waals surface area contributed by atoms with Crippen molar-refractivity contribution in [3.8, 4) is 5.75 Å². The van der Waals surface area contributed by atoms with E-state index in [1.165, 1.54) is 0 Å². The molecule has 0 bridgehead atoms. The molecule has 6 heteroatoms. The lowest BCUT2D eigenvalue weighted by molar-refractivity contribution is 0.155. The third kappa shape index (κ3) is 3.72. The smallest absolute Gasteiger partial charge is 0.162 e. The van der Waals surface area contributed by atoms with Gasteiger partial charge >= 0.3 is 0 Å². The summed E-state index contributed by atoms with van der Waals surface area (Å²) >= 11 is 6.09. The first kappa shape index (κ1) is 14.8. The van der Waals surface area contributed by atoms with Gasteiger partial charge in [-0.25, -0.2) is 0 Å². The van der Waals surface area contributed by atoms with E-state index in [1.54, 1.807) is 38.3 Å². The summed E-state index contributed by atoms with van der Waals surface area (Å²) in [5.41, 5.74) is 1.40. The first-order valence-electron chi connectivity index (χ1n) is 6.14. The number of methoxy groups -OCH3 is 1. The number of aliphatic hydroxyl groups is 1. The lowest BCUT2D eigenvalue weighted by atomic mass is 10.1. The van der Waals surface area contributed by atoms with Gasteiger partial charge in [0.05, 0.1) is 11.1 Å². The third-order valence-corrected chi connectivity index (χ3v) is 3.00. The van der Waals surface area contributed by atoms with Crippen molar-refractivity contribution in [2.24, 2.45) is 0 Å². The summed E-state index contributed by atoms with van der Waals surface area (Å²) in [6.45, 7) is 2.30. The molecule has 0 radical (unpaired) electrons. The molecule has 0 aliphatic rings. The van der Waals surface area contributed by atoms with Crippen LogP contribution in [-0.2, 0) is 18.0 Å². The second-order valence-corrected chi connectivity index (χ2v) is 4.78. The Bertz CT molecular complexity index is 568. The predicted octanol–water partition coefficient (Wildman–Crippen LogP) is 3.11. The third-order valence-electron chi connectivity index (χ3n) is 2.71. The highest BCUT2D eigenvalue weighted by Gasteiger charge is 2.09. The molecule has 0 saturated carbocycles. The number of rotatable bonds is 6. The van der Waals surface area contributed by atoms with E-state index in [4.69, 9.17) is 25.6 Å². The fourth-order valence-electron chi connectivity index (χ4n) is 1.68. The molecule has 1 aromatic heterocycles. The summed E-state index contributed by atoms with van der Waals surface area (Å²) in [7, 11) is 1.59. The Labute approximate surface area is 122 Å². The molecule has 0 saturated heterocycles. The second-order valence-electron chi connectivity index (χ2n) is 4.37. The maximum absolute atomic E-state index is 9.47. The van der Waals surface area contributed by atoms with Gasteiger partial charge in [0.1, 0.15) is 24.7 Å². The largest absolute Gasteiger partial charge is 0.486 e. The van der Waals surface area contributed by atoms with Gasteiger partial charge in [-0.2, -0.15) is 0 Å². The lowest BCUT2D eigenvalue weighted by Crippen LogP contribution is -1.97. The van der Waals surface area contributed by atoms with Crippen LogP contribution in [0.3, 0.4) is 0 Å². The van der Waals surface area contributed by atoms with E-state index < -0.39 is 6.10 Å². The number of aliphatic hydroxyl groups excluding tert-OH is 1. The molecule has 5 nitrogen and oxygen atoms in total. The molecular formula is C14H16ClNO4. The van der Waals surface area contributed by atoms with Crippen molar-refractivity contribution in [3.05, 3.63) is 46.3 Å². The van der Waals surface area contributed by atoms with Gasteiger partial charge in [0.15, 0.2) is 5.76 Å². The summed E-state index contributed by atoms with van der Waals surface area (Å²) < 4.78 is 15.6. The van der Waals surface area contributed by atoms with Crippen molar-refractivity contribution >= 4 is 11.6 Å². The minimum Gasteiger partial charge on any atom is -0.486 e. The van der Waals surface area contributed by atoms with E-state index in [2.05, 4.69) is 5.16 Å². The SMILES string of the molecule is COCc1cc(COc2ccc([C@H](C)O)cc2Cl)no1. The molecule has 0 aliphatic heterocycles. The zero-order valence-corrected chi connectivity index (χ0v) is 12.1. The van der Waals surface area contributed by atoms with Gasteiger partial charge in [0.2, 0.25) is 0 Å². The van der Waals surface area contributed by atoms with Crippen LogP contribution in [0.25, 0.3) is 0 Å². The van der Waals surface area contributed by atoms with Gasteiger partial charge in [-0.15, -0.1) is 0 Å². The highest BCUT2D eigenvalue weighted by molar-refractivity contribution is 6.32. The van der Waals surface area contributed by atoms with Crippen LogP contribution in [0.15, 0.2) is 28.8 Å². The molecule has 1 aromatic carbocycles. The summed E-state index contributed by atoms with van der Waals surface area (Å²) in [6, 6.07) is 6.94. The van der Waals surface area contributed by atoms with Gasteiger partial charge < -0.3 is 19.1 Å². The predicted molar refractivity (Wildman–Crippen MR) is 73.6 cm³/mol. The minimum atomic E-state index is -0.561. The average Bonchev–Trinajstić information content (AvgIpc) is 2.85. The standard InChI is InChI=1S/C14H16ClNO4/c1-9(17)10-3-4-14(13(15)5-10)19-7-11-6-12(8-18-2)20-16-11/h3-6,9,17H,7-8H2,1-2H3/t9-/m0/s1. The highest BCUT2D eigenvalue weighted by atomic mass is 35.5. The molecule has 1 heterocycles. The van der Waals surface area contributed by atoms with Gasteiger partial charge in [-0.1, -0.05) is 22.8 Å². The lowest BCUT2D eigenvalue weighted by Gasteiger charge is -2.09. The summed E-state index contributed by atoms with van der Waals surface area (Å²) in [5.74, 6) is 1.18. The van der Waals surface area contributed by atoms with Crippen molar-refractivity contribution in [3.63, 3.8) is 0 Å². The minimum absolute atomic E-state index is 0.251. The number of nitrogens with zero attached hydrogens (tertiary/aromatic N) is 1. The van der Waals surface area contributed by atoms with Crippen LogP contribution >= 0.6 is 11.6 Å². The van der Waals surface area contributed by atoms with Crippen molar-refractivity contribution in [1.29, 1.82) is 0 Å². The van der Waals surface area contributed by atoms with E-state index in [0.29, 0.717) is 28.8 Å². The Hall–Kier alpha value is -1.56. The Morgan fingerprint density at radius 1 is 1.35 bits per heavy atom. The first-order chi connectivity index (χ1) is 9.60. The molecule has 0 aliphatic carbocycles. The van der Waals surface area contributed by atoms with E-state index >= 15 is 0 Å².